The molecule has 0 unspecified atom stereocenters. The van der Waals surface area contributed by atoms with Crippen LogP contribution in [0.3, 0.4) is 0 Å². The molecule has 0 radical (unpaired) electrons. The van der Waals surface area contributed by atoms with Gasteiger partial charge in [0.15, 0.2) is 6.29 Å². The monoisotopic (exact) mass is 162 g/mol. The number of fused-ring (bicyclic) bond motifs is 1. The van der Waals surface area contributed by atoms with E-state index in [0.717, 1.165) is 22.6 Å². The van der Waals surface area contributed by atoms with Gasteiger partial charge >= 0.3 is 0 Å². The van der Waals surface area contributed by atoms with Crippen molar-refractivity contribution < 1.29 is 4.79 Å². The minimum atomic E-state index is 0.781. The largest absolute Gasteiger partial charge is 0.298 e. The summed E-state index contributed by atoms with van der Waals surface area (Å²) in [5.41, 5.74) is 0.781. The number of hydrogen-bond donors (Lipinski definition) is 0. The maximum Gasteiger partial charge on any atom is 0.150 e. The van der Waals surface area contributed by atoms with Crippen LogP contribution in [0.2, 0.25) is 0 Å². The van der Waals surface area contributed by atoms with E-state index < -0.39 is 0 Å². The van der Waals surface area contributed by atoms with Gasteiger partial charge in [0.1, 0.15) is 0 Å². The van der Waals surface area contributed by atoms with Gasteiger partial charge in [0.05, 0.1) is 0 Å². The van der Waals surface area contributed by atoms with Gasteiger partial charge in [-0.2, -0.15) is 11.3 Å². The lowest BCUT2D eigenvalue weighted by Gasteiger charge is -1.91. The van der Waals surface area contributed by atoms with Gasteiger partial charge in [-0.25, -0.2) is 0 Å². The lowest BCUT2D eigenvalue weighted by molar-refractivity contribution is 0.112. The first kappa shape index (κ1) is 6.55. The Balaban J connectivity index is 2.88. The molecule has 2 heteroatoms. The molecular weight excluding hydrogens is 156 g/mol. The summed E-state index contributed by atoms with van der Waals surface area (Å²) in [5.74, 6) is 0. The highest BCUT2D eigenvalue weighted by molar-refractivity contribution is 7.09. The minimum absolute atomic E-state index is 0.781. The van der Waals surface area contributed by atoms with Gasteiger partial charge in [-0.15, -0.1) is 0 Å². The van der Waals surface area contributed by atoms with Crippen LogP contribution >= 0.6 is 11.3 Å². The molecule has 0 amide bonds. The Morgan fingerprint density at radius 1 is 1.27 bits per heavy atom. The summed E-state index contributed by atoms with van der Waals surface area (Å²) in [6, 6.07) is 5.75. The van der Waals surface area contributed by atoms with Gasteiger partial charge in [0.2, 0.25) is 0 Å². The third kappa shape index (κ3) is 0.955. The average molecular weight is 162 g/mol. The van der Waals surface area contributed by atoms with Crippen LogP contribution in [0.25, 0.3) is 10.8 Å². The van der Waals surface area contributed by atoms with E-state index in [1.807, 2.05) is 29.0 Å². The summed E-state index contributed by atoms with van der Waals surface area (Å²) in [7, 11) is 0. The van der Waals surface area contributed by atoms with Gasteiger partial charge in [-0.3, -0.25) is 4.79 Å². The predicted octanol–water partition coefficient (Wildman–Crippen LogP) is 2.71. The standard InChI is InChI=1S/C9H6OS/c10-4-7-2-1-3-8-5-11-6-9(7)8/h1-6H. The Bertz CT molecular complexity index is 389. The second kappa shape index (κ2) is 2.47. The first-order valence-corrected chi connectivity index (χ1v) is 4.26. The molecule has 0 spiro atoms. The van der Waals surface area contributed by atoms with Gasteiger partial charge in [0, 0.05) is 10.9 Å². The lowest BCUT2D eigenvalue weighted by Crippen LogP contribution is -1.77. The van der Waals surface area contributed by atoms with Gasteiger partial charge < -0.3 is 0 Å². The number of benzene rings is 1. The van der Waals surface area contributed by atoms with E-state index in [2.05, 4.69) is 0 Å². The molecule has 0 saturated carbocycles. The van der Waals surface area contributed by atoms with Crippen LogP contribution < -0.4 is 0 Å². The molecule has 0 atom stereocenters. The van der Waals surface area contributed by atoms with E-state index in [1.165, 1.54) is 0 Å². The fourth-order valence-electron chi connectivity index (χ4n) is 1.12. The highest BCUT2D eigenvalue weighted by Gasteiger charge is 1.98. The molecule has 11 heavy (non-hydrogen) atoms. The van der Waals surface area contributed by atoms with Crippen LogP contribution in [0.4, 0.5) is 0 Å². The molecule has 0 aliphatic carbocycles. The smallest absolute Gasteiger partial charge is 0.150 e. The molecule has 1 heterocycles. The van der Waals surface area contributed by atoms with E-state index in [1.54, 1.807) is 11.3 Å². The fourth-order valence-corrected chi connectivity index (χ4v) is 1.95. The van der Waals surface area contributed by atoms with Crippen molar-refractivity contribution in [3.63, 3.8) is 0 Å². The van der Waals surface area contributed by atoms with E-state index in [9.17, 15) is 4.79 Å². The molecule has 1 aromatic heterocycles. The Morgan fingerprint density at radius 3 is 3.00 bits per heavy atom. The van der Waals surface area contributed by atoms with Gasteiger partial charge in [0.25, 0.3) is 0 Å². The molecule has 2 rings (SSSR count). The second-order valence-corrected chi connectivity index (χ2v) is 3.08. The molecule has 0 N–H and O–H groups in total. The van der Waals surface area contributed by atoms with Crippen LogP contribution in [0.15, 0.2) is 29.0 Å². The Morgan fingerprint density at radius 2 is 2.18 bits per heavy atom. The first-order chi connectivity index (χ1) is 5.42. The van der Waals surface area contributed by atoms with E-state index >= 15 is 0 Å². The Labute approximate surface area is 68.3 Å². The van der Waals surface area contributed by atoms with Crippen LogP contribution in [0.5, 0.6) is 0 Å². The zero-order chi connectivity index (χ0) is 7.68. The van der Waals surface area contributed by atoms with Crippen molar-refractivity contribution in [2.45, 2.75) is 0 Å². The highest BCUT2D eigenvalue weighted by atomic mass is 32.1. The maximum atomic E-state index is 10.5. The minimum Gasteiger partial charge on any atom is -0.298 e. The highest BCUT2D eigenvalue weighted by Crippen LogP contribution is 2.21. The SMILES string of the molecule is O=Cc1cccc2cscc12. The zero-order valence-electron chi connectivity index (χ0n) is 5.78. The molecule has 1 nitrogen and oxygen atoms in total. The van der Waals surface area contributed by atoms with E-state index in [0.29, 0.717) is 0 Å². The summed E-state index contributed by atoms with van der Waals surface area (Å²) in [4.78, 5) is 10.5. The van der Waals surface area contributed by atoms with E-state index in [4.69, 9.17) is 0 Å². The summed E-state index contributed by atoms with van der Waals surface area (Å²) >= 11 is 1.62. The number of rotatable bonds is 1. The molecule has 54 valence electrons. The van der Waals surface area contributed by atoms with Gasteiger partial charge in [-0.1, -0.05) is 18.2 Å². The van der Waals surface area contributed by atoms with Crippen LogP contribution in [0.1, 0.15) is 10.4 Å². The molecule has 0 saturated heterocycles. The summed E-state index contributed by atoms with van der Waals surface area (Å²) in [5, 5.41) is 6.26. The molecule has 1 aromatic carbocycles. The van der Waals surface area contributed by atoms with Crippen molar-refractivity contribution in [1.29, 1.82) is 0 Å². The molecule has 2 aromatic rings. The maximum absolute atomic E-state index is 10.5. The van der Waals surface area contributed by atoms with Crippen molar-refractivity contribution in [2.24, 2.45) is 0 Å². The molecular formula is C9H6OS. The van der Waals surface area contributed by atoms with Crippen molar-refractivity contribution >= 4 is 28.4 Å². The first-order valence-electron chi connectivity index (χ1n) is 3.32. The number of hydrogen-bond acceptors (Lipinski definition) is 2. The Hall–Kier alpha value is -1.15. The van der Waals surface area contributed by atoms with Crippen molar-refractivity contribution in [3.05, 3.63) is 34.5 Å². The third-order valence-electron chi connectivity index (χ3n) is 1.68. The quantitative estimate of drug-likeness (QED) is 0.589. The summed E-state index contributed by atoms with van der Waals surface area (Å²) in [6.07, 6.45) is 0.898. The number of carbonyl (C=O) groups is 1. The predicted molar refractivity (Wildman–Crippen MR) is 47.2 cm³/mol. The van der Waals surface area contributed by atoms with Crippen LogP contribution in [-0.2, 0) is 0 Å². The van der Waals surface area contributed by atoms with Crippen LogP contribution in [-0.4, -0.2) is 6.29 Å². The molecule has 0 aliphatic heterocycles. The molecule has 0 bridgehead atoms. The Kier molecular flexibility index (Phi) is 1.47. The number of carbonyl (C=O) groups excluding carboxylic acids is 1. The van der Waals surface area contributed by atoms with Crippen molar-refractivity contribution in [1.82, 2.24) is 0 Å². The molecule has 0 aliphatic rings. The number of aldehydes is 1. The average Bonchev–Trinajstić information content (AvgIpc) is 2.50. The summed E-state index contributed by atoms with van der Waals surface area (Å²) in [6.45, 7) is 0. The normalized spacial score (nSPS) is 10.2. The van der Waals surface area contributed by atoms with Crippen molar-refractivity contribution in [3.8, 4) is 0 Å². The van der Waals surface area contributed by atoms with Crippen LogP contribution in [0, 0.1) is 0 Å². The van der Waals surface area contributed by atoms with Gasteiger partial charge in [-0.05, 0) is 16.1 Å². The molecule has 0 fully saturated rings. The topological polar surface area (TPSA) is 17.1 Å². The van der Waals surface area contributed by atoms with E-state index in [-0.39, 0.29) is 0 Å². The number of thiophene rings is 1. The summed E-state index contributed by atoms with van der Waals surface area (Å²) < 4.78 is 0. The zero-order valence-corrected chi connectivity index (χ0v) is 6.60. The second-order valence-electron chi connectivity index (χ2n) is 2.34. The fraction of sp³-hybridized carbons (Fsp3) is 0. The van der Waals surface area contributed by atoms with Crippen molar-refractivity contribution in [2.75, 3.05) is 0 Å². The lowest BCUT2D eigenvalue weighted by atomic mass is 10.1. The third-order valence-corrected chi connectivity index (χ3v) is 2.44.